The Hall–Kier alpha value is -0.903. The van der Waals surface area contributed by atoms with E-state index in [9.17, 15) is 0 Å². The van der Waals surface area contributed by atoms with Gasteiger partial charge in [0, 0.05) is 14.2 Å². The lowest BCUT2D eigenvalue weighted by atomic mass is 10.2. The molecule has 16 heavy (non-hydrogen) atoms. The van der Waals surface area contributed by atoms with Crippen LogP contribution < -0.4 is 5.19 Å². The molecule has 3 heteroatoms. The van der Waals surface area contributed by atoms with Crippen molar-refractivity contribution in [1.29, 1.82) is 0 Å². The van der Waals surface area contributed by atoms with Crippen molar-refractivity contribution in [2.45, 2.75) is 18.9 Å². The highest BCUT2D eigenvalue weighted by atomic mass is 28.3. The van der Waals surface area contributed by atoms with E-state index in [-0.39, 0.29) is 5.91 Å². The molecule has 88 valence electrons. The number of hydrogen-bond acceptors (Lipinski definition) is 2. The van der Waals surface area contributed by atoms with Crippen LogP contribution in [0.1, 0.15) is 12.5 Å². The Morgan fingerprint density at radius 1 is 1.31 bits per heavy atom. The zero-order chi connectivity index (χ0) is 12.0. The van der Waals surface area contributed by atoms with E-state index in [1.54, 1.807) is 14.2 Å². The third-order valence-corrected chi connectivity index (χ3v) is 6.25. The van der Waals surface area contributed by atoms with Crippen LogP contribution in [-0.4, -0.2) is 28.9 Å². The highest BCUT2D eigenvalue weighted by Gasteiger charge is 2.24. The summed E-state index contributed by atoms with van der Waals surface area (Å²) in [5.41, 5.74) is 1.21. The van der Waals surface area contributed by atoms with Crippen LogP contribution in [0, 0.1) is 0 Å². The molecule has 1 unspecified atom stereocenters. The van der Waals surface area contributed by atoms with Gasteiger partial charge in [-0.1, -0.05) is 49.9 Å². The summed E-state index contributed by atoms with van der Waals surface area (Å²) in [4.78, 5) is 0. The topological polar surface area (TPSA) is 18.5 Å². The van der Waals surface area contributed by atoms with Crippen molar-refractivity contribution in [3.63, 3.8) is 0 Å². The molecule has 0 aromatic heterocycles. The molecule has 0 amide bonds. The molecule has 0 saturated carbocycles. The predicted molar refractivity (Wildman–Crippen MR) is 71.6 cm³/mol. The van der Waals surface area contributed by atoms with Crippen molar-refractivity contribution in [1.82, 2.24) is 0 Å². The summed E-state index contributed by atoms with van der Waals surface area (Å²) in [6.07, 6.45) is 1.91. The Bertz CT molecular complexity index is 334. The maximum absolute atomic E-state index is 5.41. The first-order valence-corrected chi connectivity index (χ1v) is 7.61. The molecule has 0 radical (unpaired) electrons. The summed E-state index contributed by atoms with van der Waals surface area (Å²) in [5.74, 6) is -0.0638. The van der Waals surface area contributed by atoms with E-state index in [0.717, 1.165) is 6.04 Å². The van der Waals surface area contributed by atoms with Crippen molar-refractivity contribution in [2.75, 3.05) is 14.2 Å². The lowest BCUT2D eigenvalue weighted by Gasteiger charge is -2.24. The van der Waals surface area contributed by atoms with Gasteiger partial charge in [-0.3, -0.25) is 0 Å². The van der Waals surface area contributed by atoms with Crippen molar-refractivity contribution >= 4 is 20.1 Å². The van der Waals surface area contributed by atoms with Gasteiger partial charge in [-0.15, -0.1) is 0 Å². The molecule has 0 aliphatic rings. The van der Waals surface area contributed by atoms with Gasteiger partial charge in [0.25, 0.3) is 0 Å². The van der Waals surface area contributed by atoms with Crippen LogP contribution in [0.4, 0.5) is 0 Å². The zero-order valence-electron chi connectivity index (χ0n) is 10.3. The Balaban J connectivity index is 3.06. The lowest BCUT2D eigenvalue weighted by molar-refractivity contribution is -0.0460. The molecule has 0 aliphatic heterocycles. The summed E-state index contributed by atoms with van der Waals surface area (Å²) in [6.45, 7) is 6.06. The highest BCUT2D eigenvalue weighted by Crippen LogP contribution is 2.08. The first-order chi connectivity index (χ1) is 7.78. The van der Waals surface area contributed by atoms with Gasteiger partial charge >= 0.3 is 0 Å². The number of rotatable bonds is 6. The van der Waals surface area contributed by atoms with Crippen LogP contribution in [0.15, 0.2) is 30.8 Å². The summed E-state index contributed by atoms with van der Waals surface area (Å²) < 4.78 is 10.8. The molecule has 1 atom stereocenters. The van der Waals surface area contributed by atoms with Crippen LogP contribution in [0.2, 0.25) is 6.04 Å². The number of methoxy groups -OCH3 is 2. The molecule has 0 bridgehead atoms. The molecule has 0 heterocycles. The van der Waals surface area contributed by atoms with Crippen molar-refractivity contribution in [3.05, 3.63) is 36.4 Å². The fourth-order valence-electron chi connectivity index (χ4n) is 2.02. The maximum Gasteiger partial charge on any atom is 0.142 e. The van der Waals surface area contributed by atoms with E-state index in [2.05, 4.69) is 31.7 Å². The molecule has 2 nitrogen and oxygen atoms in total. The fourth-order valence-corrected chi connectivity index (χ4v) is 4.79. The molecule has 0 spiro atoms. The second-order valence-electron chi connectivity index (χ2n) is 3.69. The monoisotopic (exact) mass is 236 g/mol. The number of benzene rings is 1. The molecule has 0 aliphatic carbocycles. The largest absolute Gasteiger partial charge is 0.360 e. The van der Waals surface area contributed by atoms with Gasteiger partial charge in [0.2, 0.25) is 0 Å². The average Bonchev–Trinajstić information content (AvgIpc) is 2.35. The first-order valence-electron chi connectivity index (χ1n) is 5.55. The highest BCUT2D eigenvalue weighted by molar-refractivity contribution is 6.74. The van der Waals surface area contributed by atoms with Gasteiger partial charge in [-0.05, 0) is 10.8 Å². The standard InChI is InChI=1S/C13H20O2Si/c1-5-11-9-7-8-10-12(11)16(6-2)13(14-3)15-4/h5,7-10,13,16H,1,6H2,2-4H3. The predicted octanol–water partition coefficient (Wildman–Crippen LogP) is 1.94. The summed E-state index contributed by atoms with van der Waals surface area (Å²) in [6, 6.07) is 9.48. The second kappa shape index (κ2) is 6.63. The Labute approximate surface area is 99.5 Å². The minimum absolute atomic E-state index is 0.0638. The van der Waals surface area contributed by atoms with Gasteiger partial charge in [0.05, 0.1) is 0 Å². The van der Waals surface area contributed by atoms with Crippen molar-refractivity contribution in [3.8, 4) is 0 Å². The second-order valence-corrected chi connectivity index (χ2v) is 6.88. The minimum Gasteiger partial charge on any atom is -0.360 e. The molecule has 1 rings (SSSR count). The van der Waals surface area contributed by atoms with Gasteiger partial charge in [-0.25, -0.2) is 0 Å². The van der Waals surface area contributed by atoms with E-state index in [1.807, 2.05) is 12.1 Å². The van der Waals surface area contributed by atoms with Crippen LogP contribution in [0.3, 0.4) is 0 Å². The maximum atomic E-state index is 5.41. The van der Waals surface area contributed by atoms with E-state index in [0.29, 0.717) is 0 Å². The molecular formula is C13H20O2Si. The van der Waals surface area contributed by atoms with Crippen LogP contribution in [0.5, 0.6) is 0 Å². The molecule has 1 aromatic rings. The van der Waals surface area contributed by atoms with E-state index >= 15 is 0 Å². The third kappa shape index (κ3) is 2.81. The minimum atomic E-state index is -1.26. The van der Waals surface area contributed by atoms with E-state index < -0.39 is 8.80 Å². The summed E-state index contributed by atoms with van der Waals surface area (Å²) in [7, 11) is 2.16. The summed E-state index contributed by atoms with van der Waals surface area (Å²) in [5, 5.41) is 1.37. The van der Waals surface area contributed by atoms with Gasteiger partial charge in [0.15, 0.2) is 0 Å². The fraction of sp³-hybridized carbons (Fsp3) is 0.385. The molecule has 0 fully saturated rings. The average molecular weight is 236 g/mol. The van der Waals surface area contributed by atoms with Crippen LogP contribution in [-0.2, 0) is 9.47 Å². The SMILES string of the molecule is C=Cc1ccccc1[SiH](CC)C(OC)OC. The molecule has 1 aromatic carbocycles. The Kier molecular flexibility index (Phi) is 5.45. The van der Waals surface area contributed by atoms with Gasteiger partial charge < -0.3 is 9.47 Å². The lowest BCUT2D eigenvalue weighted by Crippen LogP contribution is -2.45. The van der Waals surface area contributed by atoms with Crippen LogP contribution >= 0.6 is 0 Å². The van der Waals surface area contributed by atoms with Crippen molar-refractivity contribution in [2.24, 2.45) is 0 Å². The van der Waals surface area contributed by atoms with Crippen molar-refractivity contribution < 1.29 is 9.47 Å². The molecular weight excluding hydrogens is 216 g/mol. The van der Waals surface area contributed by atoms with E-state index in [1.165, 1.54) is 10.8 Å². The Morgan fingerprint density at radius 3 is 2.44 bits per heavy atom. The summed E-state index contributed by atoms with van der Waals surface area (Å²) >= 11 is 0. The number of ether oxygens (including phenoxy) is 2. The van der Waals surface area contributed by atoms with Gasteiger partial charge in [-0.2, -0.15) is 0 Å². The molecule has 0 N–H and O–H groups in total. The van der Waals surface area contributed by atoms with E-state index in [4.69, 9.17) is 9.47 Å². The first kappa shape index (κ1) is 13.2. The third-order valence-electron chi connectivity index (χ3n) is 2.85. The van der Waals surface area contributed by atoms with Crippen LogP contribution in [0.25, 0.3) is 6.08 Å². The quantitative estimate of drug-likeness (QED) is 0.555. The Morgan fingerprint density at radius 2 is 1.94 bits per heavy atom. The molecule has 0 saturated heterocycles. The number of hydrogen-bond donors (Lipinski definition) is 0. The van der Waals surface area contributed by atoms with Gasteiger partial charge in [0.1, 0.15) is 14.7 Å². The smallest absolute Gasteiger partial charge is 0.142 e. The normalized spacial score (nSPS) is 12.8. The zero-order valence-corrected chi connectivity index (χ0v) is 11.4.